The number of aromatic nitrogens is 4. The molecular formula is C39H46ClN9O3. The van der Waals surface area contributed by atoms with E-state index in [0.717, 1.165) is 119 Å². The van der Waals surface area contributed by atoms with Gasteiger partial charge in [-0.1, -0.05) is 18.5 Å². The van der Waals surface area contributed by atoms with Crippen LogP contribution in [0.25, 0.3) is 11.0 Å². The smallest absolute Gasteiger partial charge is 0.253 e. The zero-order chi connectivity index (χ0) is 36.0. The summed E-state index contributed by atoms with van der Waals surface area (Å²) in [7, 11) is 0. The summed E-state index contributed by atoms with van der Waals surface area (Å²) >= 11 is 6.09. The molecule has 0 radical (unpaired) electrons. The van der Waals surface area contributed by atoms with Crippen molar-refractivity contribution < 1.29 is 9.53 Å². The van der Waals surface area contributed by atoms with Gasteiger partial charge in [0.1, 0.15) is 17.6 Å². The van der Waals surface area contributed by atoms with E-state index in [1.54, 1.807) is 12.3 Å². The molecule has 0 spiro atoms. The SMILES string of the molecule is CCc1cc2ncc(CN3CCN(CC4CCN(c5ccc(C(=O)NC6CCC(Oc7cnc(C#N)c(Cl)c7)CC6)cn5)CC4)CC3)cc2[nH]c1=O. The lowest BCUT2D eigenvalue weighted by atomic mass is 9.92. The van der Waals surface area contributed by atoms with Gasteiger partial charge in [0.15, 0.2) is 5.69 Å². The number of nitrogens with zero attached hydrogens (tertiary/aromatic N) is 7. The molecule has 1 amide bonds. The molecule has 12 nitrogen and oxygen atoms in total. The number of aromatic amines is 1. The Balaban J connectivity index is 0.803. The first-order valence-corrected chi connectivity index (χ1v) is 18.9. The number of piperidine rings is 1. The Hall–Kier alpha value is -4.57. The highest BCUT2D eigenvalue weighted by Gasteiger charge is 2.27. The first-order chi connectivity index (χ1) is 25.3. The number of aryl methyl sites for hydroxylation is 1. The summed E-state index contributed by atoms with van der Waals surface area (Å²) in [6.45, 7) is 10.1. The Labute approximate surface area is 309 Å². The van der Waals surface area contributed by atoms with Crippen LogP contribution in [0.5, 0.6) is 5.75 Å². The number of piperazine rings is 1. The predicted octanol–water partition coefficient (Wildman–Crippen LogP) is 4.95. The van der Waals surface area contributed by atoms with E-state index < -0.39 is 0 Å². The normalized spacial score (nSPS) is 20.4. The van der Waals surface area contributed by atoms with Gasteiger partial charge in [0.2, 0.25) is 0 Å². The summed E-state index contributed by atoms with van der Waals surface area (Å²) < 4.78 is 6.03. The quantitative estimate of drug-likeness (QED) is 0.231. The van der Waals surface area contributed by atoms with Crippen LogP contribution in [0.4, 0.5) is 5.82 Å². The second-order valence-electron chi connectivity index (χ2n) is 14.3. The molecule has 7 rings (SSSR count). The van der Waals surface area contributed by atoms with Gasteiger partial charge in [0.05, 0.1) is 33.9 Å². The first kappa shape index (κ1) is 35.8. The van der Waals surface area contributed by atoms with Crippen LogP contribution < -0.4 is 20.5 Å². The number of ether oxygens (including phenoxy) is 1. The fourth-order valence-corrected chi connectivity index (χ4v) is 7.87. The number of amides is 1. The van der Waals surface area contributed by atoms with Gasteiger partial charge in [-0.05, 0) is 80.7 Å². The molecule has 1 saturated carbocycles. The van der Waals surface area contributed by atoms with Crippen molar-refractivity contribution in [3.63, 3.8) is 0 Å². The van der Waals surface area contributed by atoms with Gasteiger partial charge in [-0.15, -0.1) is 0 Å². The molecule has 0 atom stereocenters. The minimum Gasteiger partial charge on any atom is -0.489 e. The third-order valence-electron chi connectivity index (χ3n) is 10.8. The molecule has 6 heterocycles. The van der Waals surface area contributed by atoms with E-state index in [-0.39, 0.29) is 34.3 Å². The molecule has 2 N–H and O–H groups in total. The average molecular weight is 724 g/mol. The van der Waals surface area contributed by atoms with E-state index in [4.69, 9.17) is 21.6 Å². The Morgan fingerprint density at radius 2 is 1.73 bits per heavy atom. The summed E-state index contributed by atoms with van der Waals surface area (Å²) in [5.41, 5.74) is 4.30. The molecule has 13 heteroatoms. The van der Waals surface area contributed by atoms with Crippen LogP contribution >= 0.6 is 11.6 Å². The Morgan fingerprint density at radius 3 is 2.42 bits per heavy atom. The number of anilines is 1. The number of nitriles is 1. The third-order valence-corrected chi connectivity index (χ3v) is 11.1. The first-order valence-electron chi connectivity index (χ1n) is 18.5. The number of pyridine rings is 4. The maximum Gasteiger partial charge on any atom is 0.253 e. The number of fused-ring (bicyclic) bond motifs is 1. The molecule has 52 heavy (non-hydrogen) atoms. The highest BCUT2D eigenvalue weighted by molar-refractivity contribution is 6.31. The molecular weight excluding hydrogens is 678 g/mol. The molecule has 0 unspecified atom stereocenters. The second kappa shape index (κ2) is 16.4. The summed E-state index contributed by atoms with van der Waals surface area (Å²) in [4.78, 5) is 49.1. The van der Waals surface area contributed by atoms with Crippen LogP contribution in [0.15, 0.2) is 53.7 Å². The van der Waals surface area contributed by atoms with Crippen LogP contribution in [0.3, 0.4) is 0 Å². The van der Waals surface area contributed by atoms with E-state index in [0.29, 0.717) is 23.7 Å². The van der Waals surface area contributed by atoms with Crippen LogP contribution in [-0.2, 0) is 13.0 Å². The van der Waals surface area contributed by atoms with Crippen LogP contribution in [0.2, 0.25) is 5.02 Å². The molecule has 2 aliphatic heterocycles. The number of carbonyl (C=O) groups is 1. The average Bonchev–Trinajstić information content (AvgIpc) is 3.16. The van der Waals surface area contributed by atoms with Crippen molar-refractivity contribution >= 4 is 34.4 Å². The zero-order valence-corrected chi connectivity index (χ0v) is 30.4. The summed E-state index contributed by atoms with van der Waals surface area (Å²) in [5.74, 6) is 2.05. The lowest BCUT2D eigenvalue weighted by Crippen LogP contribution is -2.48. The minimum absolute atomic E-state index is 0.0174. The van der Waals surface area contributed by atoms with Gasteiger partial charge in [-0.3, -0.25) is 19.5 Å². The lowest BCUT2D eigenvalue weighted by Gasteiger charge is -2.39. The highest BCUT2D eigenvalue weighted by Crippen LogP contribution is 2.27. The molecule has 0 bridgehead atoms. The molecule has 3 aliphatic rings. The van der Waals surface area contributed by atoms with Gasteiger partial charge in [-0.2, -0.15) is 5.26 Å². The number of carbonyl (C=O) groups excluding carboxylic acids is 1. The van der Waals surface area contributed by atoms with Crippen molar-refractivity contribution in [3.8, 4) is 11.8 Å². The van der Waals surface area contributed by atoms with Crippen molar-refractivity contribution in [2.75, 3.05) is 50.7 Å². The van der Waals surface area contributed by atoms with Gasteiger partial charge in [0, 0.05) is 82.4 Å². The topological polar surface area (TPSA) is 143 Å². The summed E-state index contributed by atoms with van der Waals surface area (Å²) in [5, 5.41) is 12.5. The van der Waals surface area contributed by atoms with Gasteiger partial charge in [-0.25, -0.2) is 9.97 Å². The number of rotatable bonds is 10. The Kier molecular flexibility index (Phi) is 11.3. The maximum absolute atomic E-state index is 13.0. The third kappa shape index (κ3) is 8.72. The number of H-pyrrole nitrogens is 1. The molecule has 1 aliphatic carbocycles. The largest absolute Gasteiger partial charge is 0.489 e. The van der Waals surface area contributed by atoms with Crippen LogP contribution in [0.1, 0.15) is 72.6 Å². The fourth-order valence-electron chi connectivity index (χ4n) is 7.67. The highest BCUT2D eigenvalue weighted by atomic mass is 35.5. The van der Waals surface area contributed by atoms with E-state index >= 15 is 0 Å². The van der Waals surface area contributed by atoms with E-state index in [1.165, 1.54) is 6.20 Å². The number of hydrogen-bond acceptors (Lipinski definition) is 10. The Bertz CT molecular complexity index is 1960. The fraction of sp³-hybridized carbons (Fsp3) is 0.487. The molecule has 3 fully saturated rings. The molecule has 2 saturated heterocycles. The van der Waals surface area contributed by atoms with Gasteiger partial charge in [0.25, 0.3) is 11.5 Å². The minimum atomic E-state index is -0.0962. The summed E-state index contributed by atoms with van der Waals surface area (Å²) in [6, 6.07) is 11.5. The van der Waals surface area contributed by atoms with Crippen molar-refractivity contribution in [2.24, 2.45) is 5.92 Å². The number of nitrogens with one attached hydrogen (secondary N) is 2. The van der Waals surface area contributed by atoms with Crippen molar-refractivity contribution in [1.29, 1.82) is 5.26 Å². The number of hydrogen-bond donors (Lipinski definition) is 2. The predicted molar refractivity (Wildman–Crippen MR) is 201 cm³/mol. The zero-order valence-electron chi connectivity index (χ0n) is 29.7. The molecule has 4 aromatic heterocycles. The van der Waals surface area contributed by atoms with Crippen molar-refractivity contribution in [1.82, 2.24) is 35.1 Å². The van der Waals surface area contributed by atoms with Gasteiger partial charge < -0.3 is 24.8 Å². The maximum atomic E-state index is 13.0. The second-order valence-corrected chi connectivity index (χ2v) is 14.8. The Morgan fingerprint density at radius 1 is 0.962 bits per heavy atom. The van der Waals surface area contributed by atoms with Crippen molar-refractivity contribution in [3.05, 3.63) is 86.7 Å². The molecule has 4 aromatic rings. The van der Waals surface area contributed by atoms with E-state index in [9.17, 15) is 9.59 Å². The summed E-state index contributed by atoms with van der Waals surface area (Å²) in [6.07, 6.45) is 11.4. The van der Waals surface area contributed by atoms with E-state index in [1.807, 2.05) is 37.4 Å². The van der Waals surface area contributed by atoms with Crippen LogP contribution in [-0.4, -0.2) is 93.6 Å². The molecule has 272 valence electrons. The molecule has 0 aromatic carbocycles. The number of halogens is 1. The lowest BCUT2D eigenvalue weighted by molar-refractivity contribution is 0.0893. The standard InChI is InChI=1S/C39H46ClN9O3/c1-2-28-18-34-35(46-38(28)50)17-27(21-42-34)25-48-15-13-47(14-16-48)24-26-9-11-49(12-10-26)37-8-3-29(22-44-37)39(51)45-30-4-6-31(7-5-30)52-32-19-33(40)36(20-41)43-23-32/h3,8,17-19,21-23,26,30-31H,2,4-7,9-16,24-25H2,1H3,(H,45,51)(H,46,50). The van der Waals surface area contributed by atoms with Crippen LogP contribution in [0, 0.1) is 17.2 Å². The van der Waals surface area contributed by atoms with E-state index in [2.05, 4.69) is 46.0 Å². The monoisotopic (exact) mass is 723 g/mol. The van der Waals surface area contributed by atoms with Gasteiger partial charge >= 0.3 is 0 Å². The van der Waals surface area contributed by atoms with Crippen molar-refractivity contribution in [2.45, 2.75) is 70.6 Å².